The molecule has 10 heavy (non-hydrogen) atoms. The minimum absolute atomic E-state index is 0.532. The van der Waals surface area contributed by atoms with Crippen LogP contribution in [0, 0.1) is 0 Å². The monoisotopic (exact) mass is 146 g/mol. The van der Waals surface area contributed by atoms with Crippen LogP contribution in [-0.4, -0.2) is 26.4 Å². The Morgan fingerprint density at radius 3 is 2.40 bits per heavy atom. The molecule has 0 atom stereocenters. The zero-order valence-electron chi connectivity index (χ0n) is 6.40. The van der Waals surface area contributed by atoms with Crippen molar-refractivity contribution in [2.75, 3.05) is 26.4 Å². The van der Waals surface area contributed by atoms with Crippen molar-refractivity contribution in [2.24, 2.45) is 11.5 Å². The average molecular weight is 146 g/mol. The first-order chi connectivity index (χ1) is 4.91. The summed E-state index contributed by atoms with van der Waals surface area (Å²) in [5.74, 6) is 0. The summed E-state index contributed by atoms with van der Waals surface area (Å²) >= 11 is 0. The predicted molar refractivity (Wildman–Crippen MR) is 43.3 cm³/mol. The van der Waals surface area contributed by atoms with E-state index in [0.717, 1.165) is 32.6 Å². The van der Waals surface area contributed by atoms with Crippen molar-refractivity contribution in [3.63, 3.8) is 0 Å². The van der Waals surface area contributed by atoms with E-state index in [1.165, 1.54) is 0 Å². The van der Waals surface area contributed by atoms with E-state index >= 15 is 0 Å². The predicted octanol–water partition coefficient (Wildman–Crippen LogP) is -1.22. The molecule has 0 unspecified atom stereocenters. The molecular weight excluding hydrogens is 128 g/mol. The van der Waals surface area contributed by atoms with E-state index in [1.54, 1.807) is 0 Å². The van der Waals surface area contributed by atoms with E-state index in [0.29, 0.717) is 6.67 Å². The normalized spacial score (nSPS) is 10.2. The lowest BCUT2D eigenvalue weighted by Crippen LogP contribution is -2.33. The molecule has 0 fully saturated rings. The number of hydrogen-bond donors (Lipinski definition) is 4. The summed E-state index contributed by atoms with van der Waals surface area (Å²) in [6, 6.07) is 0. The van der Waals surface area contributed by atoms with Crippen LogP contribution >= 0.6 is 0 Å². The van der Waals surface area contributed by atoms with Gasteiger partial charge in [0.25, 0.3) is 0 Å². The molecule has 0 aliphatic carbocycles. The van der Waals surface area contributed by atoms with E-state index < -0.39 is 0 Å². The molecule has 0 radical (unpaired) electrons. The van der Waals surface area contributed by atoms with Crippen LogP contribution in [0.4, 0.5) is 0 Å². The smallest absolute Gasteiger partial charge is 0.0464 e. The molecule has 0 rings (SSSR count). The third-order valence-electron chi connectivity index (χ3n) is 1.20. The molecule has 0 aromatic carbocycles. The summed E-state index contributed by atoms with van der Waals surface area (Å²) < 4.78 is 0. The van der Waals surface area contributed by atoms with Gasteiger partial charge >= 0.3 is 0 Å². The van der Waals surface area contributed by atoms with E-state index in [4.69, 9.17) is 11.5 Å². The molecule has 4 nitrogen and oxygen atoms in total. The molecule has 0 saturated carbocycles. The quantitative estimate of drug-likeness (QED) is 0.268. The minimum atomic E-state index is 0.532. The summed E-state index contributed by atoms with van der Waals surface area (Å²) in [5, 5.41) is 6.14. The van der Waals surface area contributed by atoms with Gasteiger partial charge in [-0.25, -0.2) is 0 Å². The summed E-state index contributed by atoms with van der Waals surface area (Å²) in [6.45, 7) is 3.13. The molecule has 62 valence electrons. The van der Waals surface area contributed by atoms with Gasteiger partial charge in [-0.05, 0) is 25.9 Å². The van der Waals surface area contributed by atoms with Crippen LogP contribution in [0.3, 0.4) is 0 Å². The fraction of sp³-hybridized carbons (Fsp3) is 1.00. The van der Waals surface area contributed by atoms with Crippen molar-refractivity contribution in [1.82, 2.24) is 10.6 Å². The first-order valence-electron chi connectivity index (χ1n) is 3.73. The summed E-state index contributed by atoms with van der Waals surface area (Å²) in [4.78, 5) is 0. The highest BCUT2D eigenvalue weighted by Crippen LogP contribution is 1.80. The van der Waals surface area contributed by atoms with Gasteiger partial charge in [0.05, 0.1) is 0 Å². The van der Waals surface area contributed by atoms with E-state index in [1.807, 2.05) is 0 Å². The van der Waals surface area contributed by atoms with Crippen LogP contribution in [0.2, 0.25) is 0 Å². The Kier molecular flexibility index (Phi) is 8.70. The van der Waals surface area contributed by atoms with Gasteiger partial charge in [-0.1, -0.05) is 0 Å². The standard InChI is InChI=1S/C6H18N4/c7-3-1-2-4-9-6-10-5-8/h9-10H,1-8H2. The SMILES string of the molecule is NCCCCNCNCN. The zero-order valence-corrected chi connectivity index (χ0v) is 6.40. The zero-order chi connectivity index (χ0) is 7.66. The maximum Gasteiger partial charge on any atom is 0.0464 e. The second-order valence-corrected chi connectivity index (χ2v) is 2.13. The molecule has 0 heterocycles. The van der Waals surface area contributed by atoms with Gasteiger partial charge in [-0.15, -0.1) is 0 Å². The molecule has 0 bridgehead atoms. The van der Waals surface area contributed by atoms with E-state index in [9.17, 15) is 0 Å². The maximum atomic E-state index is 5.31. The van der Waals surface area contributed by atoms with Gasteiger partial charge in [-0.3, -0.25) is 5.32 Å². The summed E-state index contributed by atoms with van der Waals surface area (Å²) in [7, 11) is 0. The topological polar surface area (TPSA) is 76.1 Å². The first kappa shape index (κ1) is 9.84. The molecule has 0 aromatic rings. The number of nitrogens with one attached hydrogen (secondary N) is 2. The lowest BCUT2D eigenvalue weighted by atomic mass is 10.3. The fourth-order valence-corrected chi connectivity index (χ4v) is 0.643. The van der Waals surface area contributed by atoms with Gasteiger partial charge in [0.2, 0.25) is 0 Å². The Bertz CT molecular complexity index is 49.7. The molecule has 0 aliphatic heterocycles. The average Bonchev–Trinajstić information content (AvgIpc) is 1.97. The van der Waals surface area contributed by atoms with Crippen molar-refractivity contribution in [2.45, 2.75) is 12.8 Å². The van der Waals surface area contributed by atoms with Crippen molar-refractivity contribution < 1.29 is 0 Å². The van der Waals surface area contributed by atoms with Crippen LogP contribution in [0.25, 0.3) is 0 Å². The fourth-order valence-electron chi connectivity index (χ4n) is 0.643. The van der Waals surface area contributed by atoms with Crippen LogP contribution in [-0.2, 0) is 0 Å². The third kappa shape index (κ3) is 7.84. The Hall–Kier alpha value is -0.160. The lowest BCUT2D eigenvalue weighted by Gasteiger charge is -2.03. The van der Waals surface area contributed by atoms with Gasteiger partial charge in [-0.2, -0.15) is 0 Å². The van der Waals surface area contributed by atoms with Crippen molar-refractivity contribution in [3.05, 3.63) is 0 Å². The van der Waals surface area contributed by atoms with E-state index in [2.05, 4.69) is 10.6 Å². The molecule has 0 aromatic heterocycles. The first-order valence-corrected chi connectivity index (χ1v) is 3.73. The van der Waals surface area contributed by atoms with Crippen molar-refractivity contribution in [1.29, 1.82) is 0 Å². The van der Waals surface area contributed by atoms with Crippen LogP contribution < -0.4 is 22.1 Å². The second-order valence-electron chi connectivity index (χ2n) is 2.13. The molecular formula is C6H18N4. The minimum Gasteiger partial charge on any atom is -0.330 e. The van der Waals surface area contributed by atoms with E-state index in [-0.39, 0.29) is 0 Å². The largest absolute Gasteiger partial charge is 0.330 e. The van der Waals surface area contributed by atoms with Crippen LogP contribution in [0.1, 0.15) is 12.8 Å². The molecule has 0 aliphatic rings. The lowest BCUT2D eigenvalue weighted by molar-refractivity contribution is 0.567. The number of unbranched alkanes of at least 4 members (excludes halogenated alkanes) is 1. The Morgan fingerprint density at radius 2 is 1.80 bits per heavy atom. The van der Waals surface area contributed by atoms with Gasteiger partial charge < -0.3 is 16.8 Å². The third-order valence-corrected chi connectivity index (χ3v) is 1.20. The van der Waals surface area contributed by atoms with Gasteiger partial charge in [0.1, 0.15) is 0 Å². The summed E-state index contributed by atoms with van der Waals surface area (Å²) in [6.07, 6.45) is 2.23. The highest BCUT2D eigenvalue weighted by atomic mass is 15.1. The maximum absolute atomic E-state index is 5.31. The van der Waals surface area contributed by atoms with Crippen LogP contribution in [0.15, 0.2) is 0 Å². The summed E-state index contributed by atoms with van der Waals surface area (Å²) in [5.41, 5.74) is 10.5. The molecule has 0 amide bonds. The molecule has 6 N–H and O–H groups in total. The Balaban J connectivity index is 2.65. The van der Waals surface area contributed by atoms with Crippen molar-refractivity contribution >= 4 is 0 Å². The van der Waals surface area contributed by atoms with Gasteiger partial charge in [0, 0.05) is 13.3 Å². The number of hydrogen-bond acceptors (Lipinski definition) is 4. The van der Waals surface area contributed by atoms with Crippen LogP contribution in [0.5, 0.6) is 0 Å². The molecule has 0 saturated heterocycles. The second kappa shape index (κ2) is 8.84. The van der Waals surface area contributed by atoms with Gasteiger partial charge in [0.15, 0.2) is 0 Å². The Labute approximate surface area is 62.3 Å². The Morgan fingerprint density at radius 1 is 1.00 bits per heavy atom. The number of rotatable bonds is 7. The molecule has 0 spiro atoms. The highest BCUT2D eigenvalue weighted by Gasteiger charge is 1.84. The molecule has 4 heteroatoms. The van der Waals surface area contributed by atoms with Crippen molar-refractivity contribution in [3.8, 4) is 0 Å². The highest BCUT2D eigenvalue weighted by molar-refractivity contribution is 4.46. The number of nitrogens with two attached hydrogens (primary N) is 2.